The molecule has 0 amide bonds. The highest BCUT2D eigenvalue weighted by molar-refractivity contribution is 6.30. The van der Waals surface area contributed by atoms with Crippen molar-refractivity contribution in [2.75, 3.05) is 0 Å². The Labute approximate surface area is 210 Å². The Bertz CT molecular complexity index is 1760. The molecule has 0 atom stereocenters. The van der Waals surface area contributed by atoms with Gasteiger partial charge in [-0.05, 0) is 59.7 Å². The van der Waals surface area contributed by atoms with Crippen LogP contribution < -0.4 is 5.56 Å². The zero-order chi connectivity index (χ0) is 24.6. The van der Waals surface area contributed by atoms with Crippen LogP contribution in [0, 0.1) is 5.82 Å². The first-order valence-corrected chi connectivity index (χ1v) is 11.6. The predicted molar refractivity (Wildman–Crippen MR) is 140 cm³/mol. The first-order chi connectivity index (χ1) is 17.6. The number of halogens is 2. The van der Waals surface area contributed by atoms with Crippen molar-refractivity contribution in [3.63, 3.8) is 0 Å². The Morgan fingerprint density at radius 3 is 2.17 bits per heavy atom. The SMILES string of the molecule is O=c1c2cnn(-c3ccccc3)c2nc(-c2ccc(-c3cccc(F)c3)cc2)n1-c1ccc(Cl)cc1. The first kappa shape index (κ1) is 21.9. The Morgan fingerprint density at radius 2 is 1.44 bits per heavy atom. The van der Waals surface area contributed by atoms with Crippen LogP contribution in [0.4, 0.5) is 4.39 Å². The van der Waals surface area contributed by atoms with Crippen molar-refractivity contribution in [3.05, 3.63) is 131 Å². The minimum atomic E-state index is -0.297. The minimum Gasteiger partial charge on any atom is -0.268 e. The molecule has 0 unspecified atom stereocenters. The standard InChI is InChI=1S/C29H18ClFN4O/c30-22-13-15-24(16-14-22)34-27(20-11-9-19(10-12-20)21-5-4-6-23(31)17-21)33-28-26(29(34)36)18-32-35(28)25-7-2-1-3-8-25/h1-18H. The van der Waals surface area contributed by atoms with Gasteiger partial charge >= 0.3 is 0 Å². The molecule has 6 rings (SSSR count). The lowest BCUT2D eigenvalue weighted by atomic mass is 10.0. The van der Waals surface area contributed by atoms with Crippen LogP contribution in [0.2, 0.25) is 5.02 Å². The summed E-state index contributed by atoms with van der Waals surface area (Å²) in [5.74, 6) is 0.160. The van der Waals surface area contributed by atoms with E-state index in [1.165, 1.54) is 12.1 Å². The predicted octanol–water partition coefficient (Wildman–Crippen LogP) is 6.70. The van der Waals surface area contributed by atoms with Crippen LogP contribution in [0.15, 0.2) is 114 Å². The second kappa shape index (κ2) is 8.91. The maximum Gasteiger partial charge on any atom is 0.269 e. The zero-order valence-electron chi connectivity index (χ0n) is 18.8. The number of hydrogen-bond acceptors (Lipinski definition) is 3. The fourth-order valence-corrected chi connectivity index (χ4v) is 4.35. The molecule has 2 heterocycles. The van der Waals surface area contributed by atoms with Crippen molar-refractivity contribution in [1.82, 2.24) is 19.3 Å². The van der Waals surface area contributed by atoms with E-state index in [0.717, 1.165) is 22.4 Å². The highest BCUT2D eigenvalue weighted by Gasteiger charge is 2.18. The van der Waals surface area contributed by atoms with Crippen LogP contribution in [-0.4, -0.2) is 19.3 Å². The van der Waals surface area contributed by atoms with Gasteiger partial charge in [0.15, 0.2) is 5.65 Å². The maximum absolute atomic E-state index is 13.8. The van der Waals surface area contributed by atoms with Crippen molar-refractivity contribution >= 4 is 22.6 Å². The largest absolute Gasteiger partial charge is 0.269 e. The molecular weight excluding hydrogens is 475 g/mol. The quantitative estimate of drug-likeness (QED) is 0.275. The Kier molecular flexibility index (Phi) is 5.43. The number of aromatic nitrogens is 4. The number of para-hydroxylation sites is 1. The van der Waals surface area contributed by atoms with Crippen LogP contribution in [0.3, 0.4) is 0 Å². The average Bonchev–Trinajstić information content (AvgIpc) is 3.34. The minimum absolute atomic E-state index is 0.242. The van der Waals surface area contributed by atoms with Gasteiger partial charge in [0.25, 0.3) is 5.56 Å². The highest BCUT2D eigenvalue weighted by Crippen LogP contribution is 2.27. The van der Waals surface area contributed by atoms with Crippen LogP contribution >= 0.6 is 11.6 Å². The number of fused-ring (bicyclic) bond motifs is 1. The molecule has 0 aliphatic carbocycles. The van der Waals surface area contributed by atoms with E-state index in [1.807, 2.05) is 60.7 Å². The summed E-state index contributed by atoms with van der Waals surface area (Å²) in [5.41, 5.74) is 4.00. The molecule has 4 aromatic carbocycles. The Hall–Kier alpha value is -4.55. The van der Waals surface area contributed by atoms with Gasteiger partial charge in [0.2, 0.25) is 0 Å². The molecule has 5 nitrogen and oxygen atoms in total. The summed E-state index contributed by atoms with van der Waals surface area (Å²) in [7, 11) is 0. The summed E-state index contributed by atoms with van der Waals surface area (Å²) in [6.07, 6.45) is 1.54. The van der Waals surface area contributed by atoms with Gasteiger partial charge in [-0.2, -0.15) is 5.10 Å². The Balaban J connectivity index is 1.58. The molecule has 0 saturated heterocycles. The molecule has 0 spiro atoms. The third-order valence-electron chi connectivity index (χ3n) is 5.99. The normalized spacial score (nSPS) is 11.2. The molecular formula is C29H18ClFN4O. The van der Waals surface area contributed by atoms with E-state index in [2.05, 4.69) is 5.10 Å². The van der Waals surface area contributed by atoms with E-state index in [-0.39, 0.29) is 11.4 Å². The molecule has 0 bridgehead atoms. The monoisotopic (exact) mass is 492 g/mol. The molecule has 2 aromatic heterocycles. The molecule has 0 aliphatic rings. The second-order valence-corrected chi connectivity index (χ2v) is 8.71. The Morgan fingerprint density at radius 1 is 0.722 bits per heavy atom. The molecule has 7 heteroatoms. The van der Waals surface area contributed by atoms with Crippen molar-refractivity contribution < 1.29 is 4.39 Å². The molecule has 0 saturated carbocycles. The lowest BCUT2D eigenvalue weighted by Crippen LogP contribution is -2.22. The summed E-state index contributed by atoms with van der Waals surface area (Å²) in [4.78, 5) is 18.7. The van der Waals surface area contributed by atoms with E-state index in [9.17, 15) is 9.18 Å². The van der Waals surface area contributed by atoms with Gasteiger partial charge in [-0.1, -0.05) is 66.2 Å². The van der Waals surface area contributed by atoms with Gasteiger partial charge in [0.1, 0.15) is 17.0 Å². The average molecular weight is 493 g/mol. The van der Waals surface area contributed by atoms with Crippen LogP contribution in [0.1, 0.15) is 0 Å². The van der Waals surface area contributed by atoms with Crippen molar-refractivity contribution in [2.24, 2.45) is 0 Å². The smallest absolute Gasteiger partial charge is 0.268 e. The lowest BCUT2D eigenvalue weighted by molar-refractivity contribution is 0.628. The van der Waals surface area contributed by atoms with Crippen molar-refractivity contribution in [3.8, 4) is 33.9 Å². The molecule has 0 fully saturated rings. The van der Waals surface area contributed by atoms with Crippen LogP contribution in [0.5, 0.6) is 0 Å². The second-order valence-electron chi connectivity index (χ2n) is 8.27. The van der Waals surface area contributed by atoms with Crippen LogP contribution in [0.25, 0.3) is 44.9 Å². The molecule has 0 aliphatic heterocycles. The molecule has 36 heavy (non-hydrogen) atoms. The number of benzene rings is 4. The highest BCUT2D eigenvalue weighted by atomic mass is 35.5. The third kappa shape index (κ3) is 3.87. The molecule has 0 N–H and O–H groups in total. The van der Waals surface area contributed by atoms with E-state index in [1.54, 1.807) is 45.8 Å². The molecule has 6 aromatic rings. The molecule has 0 radical (unpaired) electrons. The molecule has 174 valence electrons. The van der Waals surface area contributed by atoms with Gasteiger partial charge in [-0.15, -0.1) is 0 Å². The van der Waals surface area contributed by atoms with Gasteiger partial charge in [0, 0.05) is 10.6 Å². The van der Waals surface area contributed by atoms with Gasteiger partial charge < -0.3 is 0 Å². The van der Waals surface area contributed by atoms with Crippen LogP contribution in [-0.2, 0) is 0 Å². The summed E-state index contributed by atoms with van der Waals surface area (Å²) < 4.78 is 17.0. The van der Waals surface area contributed by atoms with Gasteiger partial charge in [-0.25, -0.2) is 14.1 Å². The van der Waals surface area contributed by atoms with Gasteiger partial charge in [-0.3, -0.25) is 9.36 Å². The zero-order valence-corrected chi connectivity index (χ0v) is 19.6. The van der Waals surface area contributed by atoms with E-state index >= 15 is 0 Å². The number of nitrogens with zero attached hydrogens (tertiary/aromatic N) is 4. The topological polar surface area (TPSA) is 52.7 Å². The third-order valence-corrected chi connectivity index (χ3v) is 6.24. The van der Waals surface area contributed by atoms with E-state index in [4.69, 9.17) is 16.6 Å². The summed E-state index contributed by atoms with van der Waals surface area (Å²) in [6.45, 7) is 0. The van der Waals surface area contributed by atoms with Crippen molar-refractivity contribution in [1.29, 1.82) is 0 Å². The fourth-order valence-electron chi connectivity index (χ4n) is 4.23. The fraction of sp³-hybridized carbons (Fsp3) is 0. The van der Waals surface area contributed by atoms with E-state index in [0.29, 0.717) is 27.6 Å². The van der Waals surface area contributed by atoms with Gasteiger partial charge in [0.05, 0.1) is 17.6 Å². The summed E-state index contributed by atoms with van der Waals surface area (Å²) >= 11 is 6.11. The first-order valence-electron chi connectivity index (χ1n) is 11.3. The number of hydrogen-bond donors (Lipinski definition) is 0. The summed E-state index contributed by atoms with van der Waals surface area (Å²) in [6, 6.07) is 30.5. The lowest BCUT2D eigenvalue weighted by Gasteiger charge is -2.14. The van der Waals surface area contributed by atoms with Crippen molar-refractivity contribution in [2.45, 2.75) is 0 Å². The maximum atomic E-state index is 13.8. The summed E-state index contributed by atoms with van der Waals surface area (Å²) in [5, 5.41) is 5.42. The number of rotatable bonds is 4. The van der Waals surface area contributed by atoms with E-state index < -0.39 is 0 Å².